The molecule has 0 bridgehead atoms. The van der Waals surface area contributed by atoms with Crippen molar-refractivity contribution in [2.75, 3.05) is 19.8 Å². The Morgan fingerprint density at radius 3 is 1.15 bits per heavy atom. The Morgan fingerprint density at radius 1 is 0.436 bits per heavy atom. The number of rotatable bonds is 38. The number of ether oxygens (including phenoxy) is 2. The van der Waals surface area contributed by atoms with Crippen LogP contribution < -0.4 is 0 Å². The molecule has 0 aromatic rings. The maximum Gasteiger partial charge on any atom is 0.306 e. The van der Waals surface area contributed by atoms with Crippen LogP contribution in [0.3, 0.4) is 0 Å². The highest BCUT2D eigenvalue weighted by atomic mass is 16.6. The van der Waals surface area contributed by atoms with E-state index in [0.29, 0.717) is 13.0 Å². The van der Waals surface area contributed by atoms with Crippen LogP contribution >= 0.6 is 0 Å². The Bertz CT molecular complexity index is 1160. The minimum atomic E-state index is -0.574. The lowest BCUT2D eigenvalue weighted by atomic mass is 10.1. The summed E-state index contributed by atoms with van der Waals surface area (Å²) in [4.78, 5) is 12.2. The standard InChI is InChI=1S/C51H80O4/c1-3-5-7-9-11-13-15-17-19-21-23-24-25-26-27-28-29-30-32-34-36-38-40-42-44-46-51(53)55-50(48-52)49-54-47-45-43-41-39-37-35-33-31-22-20-18-16-14-12-10-8-6-4-2/h5-8,11-14,17-20,23-24,26-27,29-31,33-34,36,50,52H,3-4,9-10,15-16,21-22,25,28,32,35,37-49H2,1-2H3/b7-5-,8-6-,13-11-,14-12-,19-17-,20-18-,24-23-,27-26-,30-29-,33-31-,36-34-. The number of allylic oxidation sites excluding steroid dienone is 22. The number of aliphatic hydroxyl groups excluding tert-OH is 1. The van der Waals surface area contributed by atoms with Gasteiger partial charge in [0.05, 0.1) is 13.2 Å². The molecule has 1 atom stereocenters. The molecular weight excluding hydrogens is 677 g/mol. The molecule has 55 heavy (non-hydrogen) atoms. The maximum atomic E-state index is 12.2. The Balaban J connectivity index is 3.64. The third-order valence-corrected chi connectivity index (χ3v) is 8.47. The monoisotopic (exact) mass is 757 g/mol. The fourth-order valence-corrected chi connectivity index (χ4v) is 5.30. The first-order valence-corrected chi connectivity index (χ1v) is 21.8. The van der Waals surface area contributed by atoms with E-state index in [9.17, 15) is 9.90 Å². The van der Waals surface area contributed by atoms with Gasteiger partial charge in [-0.2, -0.15) is 0 Å². The van der Waals surface area contributed by atoms with Crippen LogP contribution in [0.4, 0.5) is 0 Å². The van der Waals surface area contributed by atoms with Crippen LogP contribution in [-0.4, -0.2) is 37.0 Å². The van der Waals surface area contributed by atoms with Crippen LogP contribution in [0.2, 0.25) is 0 Å². The largest absolute Gasteiger partial charge is 0.457 e. The Hall–Kier alpha value is -3.47. The molecule has 4 nitrogen and oxygen atoms in total. The highest BCUT2D eigenvalue weighted by Crippen LogP contribution is 2.09. The Kier molecular flexibility index (Phi) is 43.7. The van der Waals surface area contributed by atoms with Crippen molar-refractivity contribution in [3.8, 4) is 0 Å². The van der Waals surface area contributed by atoms with E-state index in [0.717, 1.165) is 116 Å². The Morgan fingerprint density at radius 2 is 0.764 bits per heavy atom. The van der Waals surface area contributed by atoms with Crippen molar-refractivity contribution in [2.45, 2.75) is 161 Å². The first kappa shape index (κ1) is 51.5. The molecule has 308 valence electrons. The minimum absolute atomic E-state index is 0.204. The van der Waals surface area contributed by atoms with Crippen LogP contribution in [0.5, 0.6) is 0 Å². The molecule has 1 N–H and O–H groups in total. The van der Waals surface area contributed by atoms with Crippen molar-refractivity contribution >= 4 is 5.97 Å². The molecule has 0 saturated heterocycles. The van der Waals surface area contributed by atoms with Gasteiger partial charge in [-0.25, -0.2) is 0 Å². The summed E-state index contributed by atoms with van der Waals surface area (Å²) in [6.07, 6.45) is 70.8. The van der Waals surface area contributed by atoms with Crippen molar-refractivity contribution < 1.29 is 19.4 Å². The number of hydrogen-bond acceptors (Lipinski definition) is 4. The second-order valence-electron chi connectivity index (χ2n) is 13.6. The quantitative estimate of drug-likeness (QED) is 0.0387. The summed E-state index contributed by atoms with van der Waals surface area (Å²) in [7, 11) is 0. The van der Waals surface area contributed by atoms with E-state index in [4.69, 9.17) is 9.47 Å². The lowest BCUT2D eigenvalue weighted by Gasteiger charge is -2.15. The lowest BCUT2D eigenvalue weighted by Crippen LogP contribution is -2.27. The van der Waals surface area contributed by atoms with Gasteiger partial charge >= 0.3 is 5.97 Å². The van der Waals surface area contributed by atoms with Gasteiger partial charge in [0, 0.05) is 13.0 Å². The third kappa shape index (κ3) is 44.8. The molecule has 0 aliphatic rings. The van der Waals surface area contributed by atoms with E-state index in [1.165, 1.54) is 19.3 Å². The van der Waals surface area contributed by atoms with Gasteiger partial charge in [0.25, 0.3) is 0 Å². The van der Waals surface area contributed by atoms with Crippen LogP contribution in [0.25, 0.3) is 0 Å². The summed E-state index contributed by atoms with van der Waals surface area (Å²) in [5, 5.41) is 9.61. The molecule has 0 aliphatic carbocycles. The molecule has 0 heterocycles. The second-order valence-corrected chi connectivity index (χ2v) is 13.6. The predicted octanol–water partition coefficient (Wildman–Crippen LogP) is 14.6. The van der Waals surface area contributed by atoms with Crippen LogP contribution in [-0.2, 0) is 14.3 Å². The van der Waals surface area contributed by atoms with Crippen molar-refractivity contribution in [1.82, 2.24) is 0 Å². The third-order valence-electron chi connectivity index (χ3n) is 8.47. The van der Waals surface area contributed by atoms with Gasteiger partial charge in [-0.3, -0.25) is 4.79 Å². The van der Waals surface area contributed by atoms with Gasteiger partial charge in [0.1, 0.15) is 6.10 Å². The molecular formula is C51H80O4. The number of carbonyl (C=O) groups excluding carboxylic acids is 1. The van der Waals surface area contributed by atoms with Crippen molar-refractivity contribution in [3.63, 3.8) is 0 Å². The fraction of sp³-hybridized carbons (Fsp3) is 0.549. The van der Waals surface area contributed by atoms with E-state index in [1.54, 1.807) is 0 Å². The average molecular weight is 757 g/mol. The first-order chi connectivity index (χ1) is 27.2. The summed E-state index contributed by atoms with van der Waals surface area (Å²) in [6.45, 7) is 5.01. The topological polar surface area (TPSA) is 55.8 Å². The van der Waals surface area contributed by atoms with E-state index < -0.39 is 6.10 Å². The zero-order valence-electron chi connectivity index (χ0n) is 35.1. The van der Waals surface area contributed by atoms with Crippen LogP contribution in [0, 0.1) is 0 Å². The highest BCUT2D eigenvalue weighted by molar-refractivity contribution is 5.69. The molecule has 0 aromatic carbocycles. The summed E-state index contributed by atoms with van der Waals surface area (Å²) in [5.74, 6) is -0.246. The molecule has 0 spiro atoms. The van der Waals surface area contributed by atoms with E-state index >= 15 is 0 Å². The van der Waals surface area contributed by atoms with Crippen molar-refractivity contribution in [3.05, 3.63) is 134 Å². The average Bonchev–Trinajstić information content (AvgIpc) is 3.19. The first-order valence-electron chi connectivity index (χ1n) is 21.8. The molecule has 0 saturated carbocycles. The normalized spacial score (nSPS) is 13.7. The van der Waals surface area contributed by atoms with Crippen molar-refractivity contribution in [2.24, 2.45) is 0 Å². The molecule has 1 unspecified atom stereocenters. The van der Waals surface area contributed by atoms with Gasteiger partial charge < -0.3 is 14.6 Å². The number of hydrogen-bond donors (Lipinski definition) is 1. The summed E-state index contributed by atoms with van der Waals surface area (Å²) < 4.78 is 11.1. The van der Waals surface area contributed by atoms with Gasteiger partial charge in [-0.15, -0.1) is 0 Å². The fourth-order valence-electron chi connectivity index (χ4n) is 5.30. The number of aliphatic hydroxyl groups is 1. The summed E-state index contributed by atoms with van der Waals surface area (Å²) >= 11 is 0. The van der Waals surface area contributed by atoms with Gasteiger partial charge in [0.2, 0.25) is 0 Å². The van der Waals surface area contributed by atoms with E-state index in [-0.39, 0.29) is 19.2 Å². The van der Waals surface area contributed by atoms with Crippen LogP contribution in [0.15, 0.2) is 134 Å². The molecule has 0 radical (unpaired) electrons. The molecule has 0 fully saturated rings. The molecule has 0 aromatic heterocycles. The second kappa shape index (κ2) is 46.7. The SMILES string of the molecule is CC/C=C\C/C=C\C/C=C\C/C=C\C/C=C\C/C=C\C/C=C\CCCCCC(=O)OC(CO)COCCCCCCC/C=C\C/C=C\C/C=C\C/C=C\CC. The predicted molar refractivity (Wildman–Crippen MR) is 241 cm³/mol. The molecule has 0 aliphatic heterocycles. The zero-order valence-corrected chi connectivity index (χ0v) is 35.1. The lowest BCUT2D eigenvalue weighted by molar-refractivity contribution is -0.154. The molecule has 0 amide bonds. The highest BCUT2D eigenvalue weighted by Gasteiger charge is 2.13. The molecule has 0 rings (SSSR count). The van der Waals surface area contributed by atoms with Gasteiger partial charge in [-0.05, 0) is 109 Å². The summed E-state index contributed by atoms with van der Waals surface area (Å²) in [5.41, 5.74) is 0. The van der Waals surface area contributed by atoms with Crippen molar-refractivity contribution in [1.29, 1.82) is 0 Å². The van der Waals surface area contributed by atoms with E-state index in [1.807, 2.05) is 0 Å². The minimum Gasteiger partial charge on any atom is -0.457 e. The Labute approximate surface area is 339 Å². The van der Waals surface area contributed by atoms with Gasteiger partial charge in [-0.1, -0.05) is 173 Å². The van der Waals surface area contributed by atoms with Gasteiger partial charge in [0.15, 0.2) is 0 Å². The number of esters is 1. The molecule has 4 heteroatoms. The summed E-state index contributed by atoms with van der Waals surface area (Å²) in [6, 6.07) is 0. The maximum absolute atomic E-state index is 12.2. The number of carbonyl (C=O) groups is 1. The van der Waals surface area contributed by atoms with Crippen LogP contribution in [0.1, 0.15) is 155 Å². The van der Waals surface area contributed by atoms with E-state index in [2.05, 4.69) is 148 Å². The smallest absolute Gasteiger partial charge is 0.306 e. The number of unbranched alkanes of at least 4 members (excludes halogenated alkanes) is 8. The zero-order chi connectivity index (χ0) is 39.8.